The number of ether oxygens (including phenoxy) is 1. The summed E-state index contributed by atoms with van der Waals surface area (Å²) in [5, 5.41) is 13.7. The van der Waals surface area contributed by atoms with Gasteiger partial charge >= 0.3 is 0 Å². The molecule has 1 aliphatic rings. The highest BCUT2D eigenvalue weighted by Crippen LogP contribution is 2.48. The molecule has 0 saturated heterocycles. The fourth-order valence-corrected chi connectivity index (χ4v) is 2.86. The highest BCUT2D eigenvalue weighted by atomic mass is 32.1. The molecular weight excluding hydrogens is 226 g/mol. The lowest BCUT2D eigenvalue weighted by Gasteiger charge is -2.05. The smallest absolute Gasteiger partial charge is 0.234 e. The van der Waals surface area contributed by atoms with Gasteiger partial charge in [-0.1, -0.05) is 11.3 Å². The van der Waals surface area contributed by atoms with Gasteiger partial charge in [0.25, 0.3) is 0 Å². The van der Waals surface area contributed by atoms with E-state index in [1.807, 2.05) is 0 Å². The van der Waals surface area contributed by atoms with Gasteiger partial charge < -0.3 is 10.5 Å². The monoisotopic (exact) mass is 239 g/mol. The predicted octanol–water partition coefficient (Wildman–Crippen LogP) is 0.323. The standard InChI is InChI=1S/C9H13N5OS/c1-15-4-6-11-12-8-14(6)13-7(16-8)9(5-10)2-3-9/h2-5,10H2,1H3. The fourth-order valence-electron chi connectivity index (χ4n) is 1.75. The van der Waals surface area contributed by atoms with Crippen LogP contribution >= 0.6 is 11.3 Å². The van der Waals surface area contributed by atoms with Gasteiger partial charge in [0.1, 0.15) is 11.6 Å². The van der Waals surface area contributed by atoms with Crippen LogP contribution in [0.15, 0.2) is 0 Å². The van der Waals surface area contributed by atoms with Crippen molar-refractivity contribution in [1.29, 1.82) is 0 Å². The lowest BCUT2D eigenvalue weighted by atomic mass is 10.1. The molecule has 0 atom stereocenters. The van der Waals surface area contributed by atoms with Crippen molar-refractivity contribution < 1.29 is 4.74 Å². The van der Waals surface area contributed by atoms with Crippen LogP contribution in [0.25, 0.3) is 4.96 Å². The summed E-state index contributed by atoms with van der Waals surface area (Å²) in [7, 11) is 1.64. The van der Waals surface area contributed by atoms with Crippen molar-refractivity contribution in [1.82, 2.24) is 19.8 Å². The molecule has 2 heterocycles. The minimum Gasteiger partial charge on any atom is -0.377 e. The van der Waals surface area contributed by atoms with Crippen LogP contribution in [0.3, 0.4) is 0 Å². The summed E-state index contributed by atoms with van der Waals surface area (Å²) in [6.45, 7) is 1.09. The molecule has 2 N–H and O–H groups in total. The molecule has 0 bridgehead atoms. The number of hydrogen-bond acceptors (Lipinski definition) is 6. The van der Waals surface area contributed by atoms with E-state index in [0.717, 1.165) is 28.6 Å². The molecule has 7 heteroatoms. The molecule has 1 fully saturated rings. The van der Waals surface area contributed by atoms with Crippen LogP contribution in [0, 0.1) is 0 Å². The molecule has 1 aliphatic carbocycles. The normalized spacial score (nSPS) is 18.1. The van der Waals surface area contributed by atoms with E-state index in [0.29, 0.717) is 13.2 Å². The van der Waals surface area contributed by atoms with Crippen LogP contribution in [0.5, 0.6) is 0 Å². The van der Waals surface area contributed by atoms with Crippen LogP contribution in [0.1, 0.15) is 23.7 Å². The van der Waals surface area contributed by atoms with Crippen LogP contribution in [-0.2, 0) is 16.8 Å². The maximum Gasteiger partial charge on any atom is 0.234 e. The topological polar surface area (TPSA) is 78.3 Å². The molecule has 0 amide bonds. The summed E-state index contributed by atoms with van der Waals surface area (Å²) < 4.78 is 6.81. The summed E-state index contributed by atoms with van der Waals surface area (Å²) in [5.41, 5.74) is 5.91. The van der Waals surface area contributed by atoms with Gasteiger partial charge in [0.15, 0.2) is 5.82 Å². The summed E-state index contributed by atoms with van der Waals surface area (Å²) in [6.07, 6.45) is 2.26. The zero-order valence-electron chi connectivity index (χ0n) is 9.01. The van der Waals surface area contributed by atoms with Crippen molar-refractivity contribution in [2.45, 2.75) is 24.9 Å². The molecule has 86 valence electrons. The zero-order valence-corrected chi connectivity index (χ0v) is 9.83. The van der Waals surface area contributed by atoms with E-state index in [4.69, 9.17) is 10.5 Å². The van der Waals surface area contributed by atoms with Crippen molar-refractivity contribution in [3.63, 3.8) is 0 Å². The third-order valence-corrected chi connectivity index (χ3v) is 4.17. The van der Waals surface area contributed by atoms with E-state index >= 15 is 0 Å². The first-order valence-electron chi connectivity index (χ1n) is 5.20. The van der Waals surface area contributed by atoms with Gasteiger partial charge in [-0.05, 0) is 12.8 Å². The Morgan fingerprint density at radius 2 is 2.31 bits per heavy atom. The van der Waals surface area contributed by atoms with Crippen molar-refractivity contribution in [3.05, 3.63) is 10.8 Å². The van der Waals surface area contributed by atoms with E-state index in [-0.39, 0.29) is 5.41 Å². The van der Waals surface area contributed by atoms with Crippen LogP contribution in [0.2, 0.25) is 0 Å². The molecule has 3 rings (SSSR count). The second kappa shape index (κ2) is 3.47. The number of methoxy groups -OCH3 is 1. The highest BCUT2D eigenvalue weighted by Gasteiger charge is 2.46. The second-order valence-electron chi connectivity index (χ2n) is 4.14. The Morgan fingerprint density at radius 3 is 2.94 bits per heavy atom. The number of aromatic nitrogens is 4. The molecule has 1 saturated carbocycles. The Hall–Kier alpha value is -1.05. The van der Waals surface area contributed by atoms with E-state index in [9.17, 15) is 0 Å². The van der Waals surface area contributed by atoms with Crippen molar-refractivity contribution >= 4 is 16.3 Å². The molecule has 0 unspecified atom stereocenters. The summed E-state index contributed by atoms with van der Waals surface area (Å²) in [5.74, 6) is 0.743. The zero-order chi connectivity index (χ0) is 11.2. The van der Waals surface area contributed by atoms with Gasteiger partial charge in [0, 0.05) is 19.1 Å². The van der Waals surface area contributed by atoms with Gasteiger partial charge in [-0.2, -0.15) is 9.61 Å². The molecule has 0 radical (unpaired) electrons. The SMILES string of the molecule is COCc1nnc2sc(C3(CN)CC3)nn12. The first kappa shape index (κ1) is 10.1. The molecule has 2 aromatic heterocycles. The average Bonchev–Trinajstić information content (AvgIpc) is 2.84. The summed E-state index contributed by atoms with van der Waals surface area (Å²) in [4.78, 5) is 0.821. The Labute approximate surface area is 96.4 Å². The van der Waals surface area contributed by atoms with Gasteiger partial charge in [-0.3, -0.25) is 0 Å². The van der Waals surface area contributed by atoms with Gasteiger partial charge in [-0.15, -0.1) is 10.2 Å². The van der Waals surface area contributed by atoms with Crippen molar-refractivity contribution in [2.75, 3.05) is 13.7 Å². The van der Waals surface area contributed by atoms with Crippen LogP contribution in [-0.4, -0.2) is 33.5 Å². The predicted molar refractivity (Wildman–Crippen MR) is 59.3 cm³/mol. The van der Waals surface area contributed by atoms with E-state index < -0.39 is 0 Å². The second-order valence-corrected chi connectivity index (χ2v) is 5.09. The Balaban J connectivity index is 2.03. The lowest BCUT2D eigenvalue weighted by Crippen LogP contribution is -2.19. The van der Waals surface area contributed by atoms with Gasteiger partial charge in [0.2, 0.25) is 4.96 Å². The number of nitrogens with two attached hydrogens (primary N) is 1. The third-order valence-electron chi connectivity index (χ3n) is 3.03. The number of nitrogens with zero attached hydrogens (tertiary/aromatic N) is 4. The molecular formula is C9H13N5OS. The quantitative estimate of drug-likeness (QED) is 0.831. The Kier molecular flexibility index (Phi) is 2.20. The Morgan fingerprint density at radius 1 is 1.50 bits per heavy atom. The molecule has 2 aromatic rings. The first-order chi connectivity index (χ1) is 7.79. The van der Waals surface area contributed by atoms with Crippen LogP contribution in [0.4, 0.5) is 0 Å². The maximum atomic E-state index is 5.78. The summed E-state index contributed by atoms with van der Waals surface area (Å²) in [6, 6.07) is 0. The van der Waals surface area contributed by atoms with Gasteiger partial charge in [0.05, 0.1) is 0 Å². The maximum absolute atomic E-state index is 5.78. The minimum absolute atomic E-state index is 0.121. The third kappa shape index (κ3) is 1.35. The molecule has 0 aromatic carbocycles. The first-order valence-corrected chi connectivity index (χ1v) is 6.01. The molecule has 0 aliphatic heterocycles. The van der Waals surface area contributed by atoms with E-state index in [1.54, 1.807) is 23.0 Å². The molecule has 6 nitrogen and oxygen atoms in total. The van der Waals surface area contributed by atoms with Crippen LogP contribution < -0.4 is 5.73 Å². The van der Waals surface area contributed by atoms with Crippen molar-refractivity contribution in [2.24, 2.45) is 5.73 Å². The average molecular weight is 239 g/mol. The van der Waals surface area contributed by atoms with E-state index in [1.165, 1.54) is 0 Å². The summed E-state index contributed by atoms with van der Waals surface area (Å²) >= 11 is 1.58. The molecule has 16 heavy (non-hydrogen) atoms. The van der Waals surface area contributed by atoms with Crippen molar-refractivity contribution in [3.8, 4) is 0 Å². The fraction of sp³-hybridized carbons (Fsp3) is 0.667. The van der Waals surface area contributed by atoms with Gasteiger partial charge in [-0.25, -0.2) is 0 Å². The van der Waals surface area contributed by atoms with E-state index in [2.05, 4.69) is 15.3 Å². The Bertz CT molecular complexity index is 515. The minimum atomic E-state index is 0.121. The number of hydrogen-bond donors (Lipinski definition) is 1. The number of fused-ring (bicyclic) bond motifs is 1. The lowest BCUT2D eigenvalue weighted by molar-refractivity contribution is 0.176. The largest absolute Gasteiger partial charge is 0.377 e. The number of rotatable bonds is 4. The highest BCUT2D eigenvalue weighted by molar-refractivity contribution is 7.16. The molecule has 0 spiro atoms.